The van der Waals surface area contributed by atoms with Gasteiger partial charge in [0.15, 0.2) is 0 Å². The molecule has 0 bridgehead atoms. The Morgan fingerprint density at radius 2 is 2.15 bits per heavy atom. The van der Waals surface area contributed by atoms with E-state index in [0.717, 1.165) is 25.3 Å². The average Bonchev–Trinajstić information content (AvgIpc) is 2.93. The van der Waals surface area contributed by atoms with Crippen molar-refractivity contribution in [3.05, 3.63) is 29.8 Å². The zero-order chi connectivity index (χ0) is 13.8. The first-order valence-corrected chi connectivity index (χ1v) is 7.90. The molecular weight excluding hydrogens is 248 g/mol. The van der Waals surface area contributed by atoms with E-state index in [0.29, 0.717) is 5.54 Å². The Kier molecular flexibility index (Phi) is 4.27. The first-order chi connectivity index (χ1) is 9.80. The van der Waals surface area contributed by atoms with E-state index in [-0.39, 0.29) is 0 Å². The molecule has 2 fully saturated rings. The third-order valence-electron chi connectivity index (χ3n) is 4.87. The molecule has 1 aliphatic carbocycles. The van der Waals surface area contributed by atoms with Crippen molar-refractivity contribution >= 4 is 0 Å². The van der Waals surface area contributed by atoms with Gasteiger partial charge < -0.3 is 10.1 Å². The number of hydrogen-bond acceptors (Lipinski definition) is 3. The van der Waals surface area contributed by atoms with Gasteiger partial charge in [0, 0.05) is 31.7 Å². The zero-order valence-corrected chi connectivity index (χ0v) is 12.5. The largest absolute Gasteiger partial charge is 0.497 e. The van der Waals surface area contributed by atoms with E-state index in [1.54, 1.807) is 7.11 Å². The Hall–Kier alpha value is -1.06. The van der Waals surface area contributed by atoms with Crippen LogP contribution in [0.25, 0.3) is 0 Å². The van der Waals surface area contributed by atoms with Gasteiger partial charge in [-0.2, -0.15) is 0 Å². The van der Waals surface area contributed by atoms with Crippen LogP contribution >= 0.6 is 0 Å². The molecule has 20 heavy (non-hydrogen) atoms. The fourth-order valence-corrected chi connectivity index (χ4v) is 3.73. The number of piperazine rings is 1. The van der Waals surface area contributed by atoms with Crippen LogP contribution in [0.5, 0.6) is 5.75 Å². The van der Waals surface area contributed by atoms with Crippen molar-refractivity contribution in [1.82, 2.24) is 10.2 Å². The van der Waals surface area contributed by atoms with Crippen molar-refractivity contribution < 1.29 is 4.74 Å². The predicted molar refractivity (Wildman–Crippen MR) is 82.3 cm³/mol. The van der Waals surface area contributed by atoms with Gasteiger partial charge in [-0.05, 0) is 37.0 Å². The van der Waals surface area contributed by atoms with Crippen LogP contribution in [0.15, 0.2) is 24.3 Å². The van der Waals surface area contributed by atoms with Gasteiger partial charge in [0.1, 0.15) is 5.75 Å². The smallest absolute Gasteiger partial charge is 0.119 e. The molecule has 3 nitrogen and oxygen atoms in total. The number of nitrogens with one attached hydrogen (secondary N) is 1. The van der Waals surface area contributed by atoms with E-state index in [1.165, 1.54) is 44.3 Å². The lowest BCUT2D eigenvalue weighted by Gasteiger charge is -2.41. The monoisotopic (exact) mass is 274 g/mol. The maximum absolute atomic E-state index is 5.30. The third-order valence-corrected chi connectivity index (χ3v) is 4.87. The molecule has 1 N–H and O–H groups in total. The standard InChI is InChI=1S/C17H26N2O/c1-20-16-6-4-5-15(13-16)7-11-19-12-10-18-17(14-19)8-2-3-9-17/h4-6,13,18H,2-3,7-12,14H2,1H3. The third kappa shape index (κ3) is 3.15. The molecule has 1 aromatic carbocycles. The van der Waals surface area contributed by atoms with E-state index in [4.69, 9.17) is 4.74 Å². The second-order valence-electron chi connectivity index (χ2n) is 6.29. The van der Waals surface area contributed by atoms with Crippen LogP contribution in [0.3, 0.4) is 0 Å². The van der Waals surface area contributed by atoms with E-state index in [2.05, 4.69) is 28.4 Å². The van der Waals surface area contributed by atoms with Crippen LogP contribution in [0.2, 0.25) is 0 Å². The zero-order valence-electron chi connectivity index (χ0n) is 12.5. The summed E-state index contributed by atoms with van der Waals surface area (Å²) in [6, 6.07) is 8.47. The number of benzene rings is 1. The summed E-state index contributed by atoms with van der Waals surface area (Å²) in [7, 11) is 1.74. The molecule has 2 aliphatic rings. The van der Waals surface area contributed by atoms with E-state index in [1.807, 2.05) is 6.07 Å². The first-order valence-electron chi connectivity index (χ1n) is 7.90. The van der Waals surface area contributed by atoms with Crippen molar-refractivity contribution in [3.8, 4) is 5.75 Å². The minimum absolute atomic E-state index is 0.437. The molecule has 1 spiro atoms. The second kappa shape index (κ2) is 6.15. The lowest BCUT2D eigenvalue weighted by Crippen LogP contribution is -2.59. The molecule has 1 saturated heterocycles. The summed E-state index contributed by atoms with van der Waals surface area (Å²) in [5, 5.41) is 3.78. The summed E-state index contributed by atoms with van der Waals surface area (Å²) < 4.78 is 5.30. The topological polar surface area (TPSA) is 24.5 Å². The normalized spacial score (nSPS) is 22.2. The second-order valence-corrected chi connectivity index (χ2v) is 6.29. The number of rotatable bonds is 4. The maximum atomic E-state index is 5.30. The quantitative estimate of drug-likeness (QED) is 0.913. The molecule has 0 aromatic heterocycles. The van der Waals surface area contributed by atoms with Gasteiger partial charge in [-0.3, -0.25) is 4.90 Å². The Bertz CT molecular complexity index is 440. The highest BCUT2D eigenvalue weighted by Gasteiger charge is 2.37. The SMILES string of the molecule is COc1cccc(CCN2CCNC3(CCCC3)C2)c1. The molecule has 0 atom stereocenters. The van der Waals surface area contributed by atoms with E-state index >= 15 is 0 Å². The molecule has 1 saturated carbocycles. The Morgan fingerprint density at radius 3 is 2.95 bits per heavy atom. The summed E-state index contributed by atoms with van der Waals surface area (Å²) in [5.74, 6) is 0.968. The molecule has 0 amide bonds. The fraction of sp³-hybridized carbons (Fsp3) is 0.647. The van der Waals surface area contributed by atoms with Crippen molar-refractivity contribution in [2.45, 2.75) is 37.6 Å². The van der Waals surface area contributed by atoms with Gasteiger partial charge >= 0.3 is 0 Å². The number of hydrogen-bond donors (Lipinski definition) is 1. The van der Waals surface area contributed by atoms with Crippen LogP contribution in [0.1, 0.15) is 31.2 Å². The number of nitrogens with zero attached hydrogens (tertiary/aromatic N) is 1. The lowest BCUT2D eigenvalue weighted by atomic mass is 9.94. The van der Waals surface area contributed by atoms with E-state index < -0.39 is 0 Å². The molecular formula is C17H26N2O. The van der Waals surface area contributed by atoms with Crippen LogP contribution < -0.4 is 10.1 Å². The molecule has 0 unspecified atom stereocenters. The fourth-order valence-electron chi connectivity index (χ4n) is 3.73. The molecule has 1 aliphatic heterocycles. The van der Waals surface area contributed by atoms with Crippen molar-refractivity contribution in [2.75, 3.05) is 33.3 Å². The van der Waals surface area contributed by atoms with E-state index in [9.17, 15) is 0 Å². The van der Waals surface area contributed by atoms with Gasteiger partial charge in [-0.15, -0.1) is 0 Å². The van der Waals surface area contributed by atoms with Crippen molar-refractivity contribution in [2.24, 2.45) is 0 Å². The predicted octanol–water partition coefficient (Wildman–Crippen LogP) is 2.46. The van der Waals surface area contributed by atoms with Gasteiger partial charge in [0.25, 0.3) is 0 Å². The molecule has 3 rings (SSSR count). The summed E-state index contributed by atoms with van der Waals surface area (Å²) in [4.78, 5) is 2.64. The molecule has 1 aromatic rings. The highest BCUT2D eigenvalue weighted by Crippen LogP contribution is 2.31. The van der Waals surface area contributed by atoms with Crippen molar-refractivity contribution in [3.63, 3.8) is 0 Å². The minimum Gasteiger partial charge on any atom is -0.497 e. The lowest BCUT2D eigenvalue weighted by molar-refractivity contribution is 0.136. The Balaban J connectivity index is 1.55. The number of ether oxygens (including phenoxy) is 1. The number of methoxy groups -OCH3 is 1. The summed E-state index contributed by atoms with van der Waals surface area (Å²) in [6.45, 7) is 4.73. The van der Waals surface area contributed by atoms with Crippen LogP contribution in [0.4, 0.5) is 0 Å². The first kappa shape index (κ1) is 13.9. The van der Waals surface area contributed by atoms with Crippen LogP contribution in [-0.4, -0.2) is 43.7 Å². The van der Waals surface area contributed by atoms with Crippen LogP contribution in [0, 0.1) is 0 Å². The van der Waals surface area contributed by atoms with Gasteiger partial charge in [0.2, 0.25) is 0 Å². The van der Waals surface area contributed by atoms with Gasteiger partial charge in [0.05, 0.1) is 7.11 Å². The molecule has 0 radical (unpaired) electrons. The van der Waals surface area contributed by atoms with Crippen molar-refractivity contribution in [1.29, 1.82) is 0 Å². The van der Waals surface area contributed by atoms with Gasteiger partial charge in [-0.25, -0.2) is 0 Å². The maximum Gasteiger partial charge on any atom is 0.119 e. The molecule has 1 heterocycles. The average molecular weight is 274 g/mol. The summed E-state index contributed by atoms with van der Waals surface area (Å²) in [5.41, 5.74) is 1.82. The van der Waals surface area contributed by atoms with Crippen LogP contribution in [-0.2, 0) is 6.42 Å². The highest BCUT2D eigenvalue weighted by molar-refractivity contribution is 5.28. The summed E-state index contributed by atoms with van der Waals surface area (Å²) in [6.07, 6.45) is 6.64. The van der Waals surface area contributed by atoms with Gasteiger partial charge in [-0.1, -0.05) is 25.0 Å². The Labute approximate surface area is 122 Å². The highest BCUT2D eigenvalue weighted by atomic mass is 16.5. The molecule has 3 heteroatoms. The minimum atomic E-state index is 0.437. The summed E-state index contributed by atoms with van der Waals surface area (Å²) >= 11 is 0. The Morgan fingerprint density at radius 1 is 1.30 bits per heavy atom. The molecule has 110 valence electrons.